The number of nitrogens with zero attached hydrogens (tertiary/aromatic N) is 1. The first-order chi connectivity index (χ1) is 9.24. The molecule has 0 aliphatic carbocycles. The molecule has 1 heterocycles. The summed E-state index contributed by atoms with van der Waals surface area (Å²) in [6.45, 7) is 4.82. The average Bonchev–Trinajstić information content (AvgIpc) is 2.40. The molecule has 1 atom stereocenters. The van der Waals surface area contributed by atoms with Crippen LogP contribution in [0.1, 0.15) is 12.5 Å². The van der Waals surface area contributed by atoms with E-state index in [1.54, 1.807) is 0 Å². The molecule has 0 aromatic heterocycles. The third-order valence-electron chi connectivity index (χ3n) is 2.90. The molecule has 0 radical (unpaired) electrons. The lowest BCUT2D eigenvalue weighted by molar-refractivity contribution is -0.284. The number of carbonyl (C=O) groups is 1. The molecule has 0 saturated carbocycles. The Morgan fingerprint density at radius 3 is 2.95 bits per heavy atom. The smallest absolute Gasteiger partial charge is 0.339 e. The molecule has 0 N–H and O–H groups in total. The summed E-state index contributed by atoms with van der Waals surface area (Å²) < 4.78 is 5.57. The number of hydrogen-bond acceptors (Lipinski definition) is 5. The molecule has 5 heteroatoms. The van der Waals surface area contributed by atoms with Gasteiger partial charge in [-0.1, -0.05) is 30.3 Å². The molecule has 5 nitrogen and oxygen atoms in total. The predicted octanol–water partition coefficient (Wildman–Crippen LogP) is 1.38. The minimum atomic E-state index is -0.447. The lowest BCUT2D eigenvalue weighted by Crippen LogP contribution is -2.44. The monoisotopic (exact) mass is 265 g/mol. The first kappa shape index (κ1) is 14.0. The molecular weight excluding hydrogens is 246 g/mol. The van der Waals surface area contributed by atoms with Crippen molar-refractivity contribution in [3.8, 4) is 0 Å². The van der Waals surface area contributed by atoms with E-state index in [9.17, 15) is 4.79 Å². The molecule has 0 bridgehead atoms. The van der Waals surface area contributed by atoms with Crippen molar-refractivity contribution in [2.45, 2.75) is 19.6 Å². The zero-order chi connectivity index (χ0) is 13.5. The third-order valence-corrected chi connectivity index (χ3v) is 2.90. The van der Waals surface area contributed by atoms with Crippen LogP contribution in [0.15, 0.2) is 30.3 Å². The maximum absolute atomic E-state index is 10.6. The Bertz CT molecular complexity index is 396. The van der Waals surface area contributed by atoms with Crippen molar-refractivity contribution in [2.75, 3.05) is 26.3 Å². The van der Waals surface area contributed by atoms with Gasteiger partial charge >= 0.3 is 5.97 Å². The predicted molar refractivity (Wildman–Crippen MR) is 69.2 cm³/mol. The van der Waals surface area contributed by atoms with Gasteiger partial charge in [0.05, 0.1) is 12.7 Å². The first-order valence-electron chi connectivity index (χ1n) is 6.42. The van der Waals surface area contributed by atoms with Gasteiger partial charge < -0.3 is 4.74 Å². The molecule has 1 aliphatic heterocycles. The van der Waals surface area contributed by atoms with Gasteiger partial charge in [0.2, 0.25) is 0 Å². The van der Waals surface area contributed by atoms with Gasteiger partial charge in [-0.25, -0.2) is 4.79 Å². The summed E-state index contributed by atoms with van der Waals surface area (Å²) >= 11 is 0. The summed E-state index contributed by atoms with van der Waals surface area (Å²) in [5, 5.41) is 0. The van der Waals surface area contributed by atoms with Crippen LogP contribution < -0.4 is 0 Å². The molecule has 0 amide bonds. The molecule has 0 spiro atoms. The normalized spacial score (nSPS) is 20.2. The van der Waals surface area contributed by atoms with Crippen LogP contribution in [0.2, 0.25) is 0 Å². The number of carbonyl (C=O) groups excluding carboxylic acids is 1. The van der Waals surface area contributed by atoms with Crippen LogP contribution in [0.3, 0.4) is 0 Å². The maximum atomic E-state index is 10.6. The Labute approximate surface area is 113 Å². The van der Waals surface area contributed by atoms with Crippen molar-refractivity contribution in [2.24, 2.45) is 0 Å². The SMILES string of the molecule is CC(=O)OOCC1CN(Cc2ccccc2)CCO1. The van der Waals surface area contributed by atoms with Gasteiger partial charge in [0, 0.05) is 26.6 Å². The third kappa shape index (κ3) is 4.98. The topological polar surface area (TPSA) is 48.0 Å². The van der Waals surface area contributed by atoms with E-state index in [4.69, 9.17) is 9.62 Å². The van der Waals surface area contributed by atoms with Crippen molar-refractivity contribution >= 4 is 5.97 Å². The number of benzene rings is 1. The number of hydrogen-bond donors (Lipinski definition) is 0. The zero-order valence-electron chi connectivity index (χ0n) is 11.1. The molecule has 2 rings (SSSR count). The standard InChI is InChI=1S/C14H19NO4/c1-12(16)19-18-11-14-10-15(7-8-17-14)9-13-5-3-2-4-6-13/h2-6,14H,7-11H2,1H3. The highest BCUT2D eigenvalue weighted by molar-refractivity contribution is 5.65. The largest absolute Gasteiger partial charge is 0.373 e. The average molecular weight is 265 g/mol. The fourth-order valence-corrected chi connectivity index (χ4v) is 2.06. The second kappa shape index (κ2) is 7.23. The van der Waals surface area contributed by atoms with E-state index in [0.29, 0.717) is 6.61 Å². The van der Waals surface area contributed by atoms with Crippen LogP contribution in [0.25, 0.3) is 0 Å². The molecule has 1 fully saturated rings. The van der Waals surface area contributed by atoms with Gasteiger partial charge in [-0.3, -0.25) is 9.79 Å². The quantitative estimate of drug-likeness (QED) is 0.594. The molecule has 1 unspecified atom stereocenters. The zero-order valence-corrected chi connectivity index (χ0v) is 11.1. The van der Waals surface area contributed by atoms with Gasteiger partial charge in [0.25, 0.3) is 0 Å². The second-order valence-corrected chi connectivity index (χ2v) is 4.57. The lowest BCUT2D eigenvalue weighted by atomic mass is 10.2. The van der Waals surface area contributed by atoms with Gasteiger partial charge in [-0.05, 0) is 5.56 Å². The molecule has 1 aromatic carbocycles. The van der Waals surface area contributed by atoms with Crippen LogP contribution in [-0.4, -0.2) is 43.3 Å². The van der Waals surface area contributed by atoms with Crippen LogP contribution in [0.5, 0.6) is 0 Å². The van der Waals surface area contributed by atoms with E-state index in [-0.39, 0.29) is 12.7 Å². The molecule has 104 valence electrons. The van der Waals surface area contributed by atoms with Crippen LogP contribution >= 0.6 is 0 Å². The summed E-state index contributed by atoms with van der Waals surface area (Å²) in [5.41, 5.74) is 1.28. The molecule has 1 aromatic rings. The van der Waals surface area contributed by atoms with E-state index < -0.39 is 5.97 Å². The van der Waals surface area contributed by atoms with E-state index in [0.717, 1.165) is 19.6 Å². The van der Waals surface area contributed by atoms with E-state index in [2.05, 4.69) is 21.9 Å². The number of rotatable bonds is 5. The fraction of sp³-hybridized carbons (Fsp3) is 0.500. The Hall–Kier alpha value is -1.43. The number of morpholine rings is 1. The van der Waals surface area contributed by atoms with Crippen LogP contribution in [-0.2, 0) is 25.9 Å². The molecule has 19 heavy (non-hydrogen) atoms. The summed E-state index contributed by atoms with van der Waals surface area (Å²) in [6.07, 6.45) is -0.0585. The molecule has 1 aliphatic rings. The van der Waals surface area contributed by atoms with E-state index in [1.807, 2.05) is 18.2 Å². The Kier molecular flexibility index (Phi) is 5.32. The first-order valence-corrected chi connectivity index (χ1v) is 6.42. The highest BCUT2D eigenvalue weighted by atomic mass is 17.2. The van der Waals surface area contributed by atoms with Crippen molar-refractivity contribution < 1.29 is 19.3 Å². The maximum Gasteiger partial charge on any atom is 0.339 e. The molecular formula is C14H19NO4. The minimum Gasteiger partial charge on any atom is -0.373 e. The van der Waals surface area contributed by atoms with Gasteiger partial charge in [-0.2, -0.15) is 4.89 Å². The lowest BCUT2D eigenvalue weighted by Gasteiger charge is -2.32. The van der Waals surface area contributed by atoms with Crippen LogP contribution in [0.4, 0.5) is 0 Å². The highest BCUT2D eigenvalue weighted by Gasteiger charge is 2.21. The van der Waals surface area contributed by atoms with E-state index >= 15 is 0 Å². The van der Waals surface area contributed by atoms with Crippen molar-refractivity contribution in [1.29, 1.82) is 0 Å². The number of ether oxygens (including phenoxy) is 1. The Morgan fingerprint density at radius 2 is 2.21 bits per heavy atom. The summed E-state index contributed by atoms with van der Waals surface area (Å²) in [7, 11) is 0. The highest BCUT2D eigenvalue weighted by Crippen LogP contribution is 2.10. The molecule has 1 saturated heterocycles. The van der Waals surface area contributed by atoms with Crippen LogP contribution in [0, 0.1) is 0 Å². The van der Waals surface area contributed by atoms with Crippen molar-refractivity contribution in [3.05, 3.63) is 35.9 Å². The minimum absolute atomic E-state index is 0.0585. The summed E-state index contributed by atoms with van der Waals surface area (Å²) in [6, 6.07) is 10.3. The summed E-state index contributed by atoms with van der Waals surface area (Å²) in [4.78, 5) is 22.2. The Morgan fingerprint density at radius 1 is 1.42 bits per heavy atom. The van der Waals surface area contributed by atoms with Gasteiger partial charge in [0.1, 0.15) is 6.61 Å². The van der Waals surface area contributed by atoms with E-state index in [1.165, 1.54) is 12.5 Å². The van der Waals surface area contributed by atoms with Gasteiger partial charge in [-0.15, -0.1) is 0 Å². The van der Waals surface area contributed by atoms with Crippen molar-refractivity contribution in [3.63, 3.8) is 0 Å². The van der Waals surface area contributed by atoms with Crippen molar-refractivity contribution in [1.82, 2.24) is 4.90 Å². The second-order valence-electron chi connectivity index (χ2n) is 4.57. The fourth-order valence-electron chi connectivity index (χ4n) is 2.06. The Balaban J connectivity index is 1.75. The summed E-state index contributed by atoms with van der Waals surface area (Å²) in [5.74, 6) is -0.447. The van der Waals surface area contributed by atoms with Gasteiger partial charge in [0.15, 0.2) is 0 Å².